The van der Waals surface area contributed by atoms with Crippen molar-refractivity contribution < 1.29 is 44.3 Å². The van der Waals surface area contributed by atoms with Gasteiger partial charge in [-0.25, -0.2) is 8.42 Å². The van der Waals surface area contributed by atoms with E-state index in [2.05, 4.69) is 10.6 Å². The first kappa shape index (κ1) is 36.4. The second-order valence-electron chi connectivity index (χ2n) is 10.4. The van der Waals surface area contributed by atoms with Crippen molar-refractivity contribution in [2.24, 2.45) is 5.92 Å². The van der Waals surface area contributed by atoms with Crippen molar-refractivity contribution >= 4 is 33.4 Å². The first-order valence-electron chi connectivity index (χ1n) is 13.2. The summed E-state index contributed by atoms with van der Waals surface area (Å²) in [6, 6.07) is 6.11. The van der Waals surface area contributed by atoms with Gasteiger partial charge in [-0.15, -0.1) is 0 Å². The molecule has 240 valence electrons. The number of nitrogens with one attached hydrogen (secondary N) is 3. The van der Waals surface area contributed by atoms with E-state index >= 15 is 0 Å². The summed E-state index contributed by atoms with van der Waals surface area (Å²) in [5, 5.41) is 6.42. The first-order chi connectivity index (χ1) is 19.8. The fraction of sp³-hybridized carbons (Fsp3) is 0.500. The molecule has 3 atom stereocenters. The molecule has 0 saturated carbocycles. The first-order valence-corrected chi connectivity index (χ1v) is 16.5. The van der Waals surface area contributed by atoms with E-state index < -0.39 is 58.7 Å². The van der Waals surface area contributed by atoms with Crippen LogP contribution in [0.2, 0.25) is 0 Å². The van der Waals surface area contributed by atoms with E-state index in [0.29, 0.717) is 16.9 Å². The van der Waals surface area contributed by atoms with E-state index in [-0.39, 0.29) is 29.2 Å². The topological polar surface area (TPSA) is 104 Å². The summed E-state index contributed by atoms with van der Waals surface area (Å²) in [5.74, 6) is -1.98. The van der Waals surface area contributed by atoms with Crippen LogP contribution in [0.4, 0.5) is 26.3 Å². The monoisotopic (exact) mass is 655 g/mol. The van der Waals surface area contributed by atoms with Gasteiger partial charge in [0.2, 0.25) is 11.8 Å². The van der Waals surface area contributed by atoms with Gasteiger partial charge >= 0.3 is 12.4 Å². The van der Waals surface area contributed by atoms with Crippen molar-refractivity contribution in [3.8, 4) is 11.1 Å². The molecular weight excluding hydrogens is 620 g/mol. The molecule has 2 amide bonds. The summed E-state index contributed by atoms with van der Waals surface area (Å²) in [7, 11) is -3.42. The maximum atomic E-state index is 14.3. The van der Waals surface area contributed by atoms with Crippen LogP contribution in [0, 0.1) is 5.92 Å². The maximum Gasteiger partial charge on any atom is 0.407 e. The highest BCUT2D eigenvalue weighted by Crippen LogP contribution is 2.35. The zero-order chi connectivity index (χ0) is 32.6. The average molecular weight is 656 g/mol. The standard InChI is InChI=1S/C28H35F6N3O4S2/c1-17(2)15-23(26(39)37-22(13-14-42-3)25(38)35-16-27(29,30)31)36-24(28(32,33)34)20-7-5-18(6-8-20)19-9-11-21(12-10-19)43(4,40)41/h5-12,17,22-24,36H,13-16H2,1-4H3,(H,35,38)(H,37,39)/t22-,23-,24-/m0/s1. The molecule has 0 spiro atoms. The fourth-order valence-corrected chi connectivity index (χ4v) is 5.25. The highest BCUT2D eigenvalue weighted by atomic mass is 32.2. The Kier molecular flexibility index (Phi) is 12.9. The van der Waals surface area contributed by atoms with Gasteiger partial charge in [0.25, 0.3) is 0 Å². The zero-order valence-electron chi connectivity index (χ0n) is 24.0. The van der Waals surface area contributed by atoms with Gasteiger partial charge in [-0.3, -0.25) is 14.9 Å². The molecule has 7 nitrogen and oxygen atoms in total. The molecule has 2 aromatic carbocycles. The molecule has 0 aromatic heterocycles. The lowest BCUT2D eigenvalue weighted by Crippen LogP contribution is -2.55. The van der Waals surface area contributed by atoms with E-state index in [1.165, 1.54) is 60.3 Å². The van der Waals surface area contributed by atoms with Gasteiger partial charge < -0.3 is 10.6 Å². The van der Waals surface area contributed by atoms with Gasteiger partial charge in [-0.1, -0.05) is 50.2 Å². The maximum absolute atomic E-state index is 14.3. The Hall–Kier alpha value is -2.78. The quantitative estimate of drug-likeness (QED) is 0.240. The van der Waals surface area contributed by atoms with Crippen molar-refractivity contribution in [2.45, 2.75) is 62.1 Å². The summed E-state index contributed by atoms with van der Waals surface area (Å²) in [5.41, 5.74) is 0.905. The van der Waals surface area contributed by atoms with Gasteiger partial charge in [-0.2, -0.15) is 38.1 Å². The molecule has 0 unspecified atom stereocenters. The van der Waals surface area contributed by atoms with E-state index in [1.54, 1.807) is 25.4 Å². The molecule has 15 heteroatoms. The largest absolute Gasteiger partial charge is 0.407 e. The fourth-order valence-electron chi connectivity index (χ4n) is 4.15. The summed E-state index contributed by atoms with van der Waals surface area (Å²) in [4.78, 5) is 25.7. The van der Waals surface area contributed by atoms with Crippen LogP contribution in [0.1, 0.15) is 38.3 Å². The highest BCUT2D eigenvalue weighted by Gasteiger charge is 2.43. The SMILES string of the molecule is CSCC[C@H](NC(=O)[C@H](CC(C)C)N[C@@H](c1ccc(-c2ccc(S(C)(=O)=O)cc2)cc1)C(F)(F)F)C(=O)NCC(F)(F)F. The number of benzene rings is 2. The highest BCUT2D eigenvalue weighted by molar-refractivity contribution is 7.98. The second kappa shape index (κ2) is 15.3. The molecule has 2 rings (SSSR count). The zero-order valence-corrected chi connectivity index (χ0v) is 25.6. The molecule has 0 fully saturated rings. The van der Waals surface area contributed by atoms with E-state index in [4.69, 9.17) is 0 Å². The van der Waals surface area contributed by atoms with Crippen LogP contribution >= 0.6 is 11.8 Å². The Morgan fingerprint density at radius 1 is 0.860 bits per heavy atom. The lowest BCUT2D eigenvalue weighted by Gasteiger charge is -2.29. The number of halogens is 6. The second-order valence-corrected chi connectivity index (χ2v) is 13.4. The predicted molar refractivity (Wildman–Crippen MR) is 154 cm³/mol. The van der Waals surface area contributed by atoms with Gasteiger partial charge in [-0.05, 0) is 59.6 Å². The van der Waals surface area contributed by atoms with Crippen LogP contribution < -0.4 is 16.0 Å². The van der Waals surface area contributed by atoms with E-state index in [0.717, 1.165) is 6.26 Å². The Labute approximate surface area is 251 Å². The molecule has 0 aliphatic rings. The van der Waals surface area contributed by atoms with Gasteiger partial charge in [0, 0.05) is 6.26 Å². The van der Waals surface area contributed by atoms with Crippen LogP contribution in [0.3, 0.4) is 0 Å². The minimum Gasteiger partial charge on any atom is -0.345 e. The van der Waals surface area contributed by atoms with Crippen LogP contribution in [-0.2, 0) is 19.4 Å². The van der Waals surface area contributed by atoms with Crippen molar-refractivity contribution in [3.05, 3.63) is 54.1 Å². The Balaban J connectivity index is 2.31. The summed E-state index contributed by atoms with van der Waals surface area (Å²) >= 11 is 1.28. The molecule has 2 aromatic rings. The third-order valence-electron chi connectivity index (χ3n) is 6.29. The lowest BCUT2D eigenvalue weighted by molar-refractivity contribution is -0.161. The number of alkyl halides is 6. The van der Waals surface area contributed by atoms with Crippen LogP contribution in [0.15, 0.2) is 53.4 Å². The summed E-state index contributed by atoms with van der Waals surface area (Å²) < 4.78 is 104. The number of rotatable bonds is 14. The molecule has 0 radical (unpaired) electrons. The molecule has 3 N–H and O–H groups in total. The number of thioether (sulfide) groups is 1. The van der Waals surface area contributed by atoms with Crippen molar-refractivity contribution in [3.63, 3.8) is 0 Å². The minimum absolute atomic E-state index is 0.0275. The Bertz CT molecular complexity index is 1320. The van der Waals surface area contributed by atoms with Crippen LogP contribution in [0.25, 0.3) is 11.1 Å². The molecule has 0 aliphatic carbocycles. The number of hydrogen-bond acceptors (Lipinski definition) is 6. The molecule has 0 heterocycles. The minimum atomic E-state index is -4.84. The number of hydrogen-bond donors (Lipinski definition) is 3. The van der Waals surface area contributed by atoms with Gasteiger partial charge in [0.05, 0.1) is 10.9 Å². The Morgan fingerprint density at radius 3 is 1.84 bits per heavy atom. The molecule has 43 heavy (non-hydrogen) atoms. The smallest absolute Gasteiger partial charge is 0.345 e. The lowest BCUT2D eigenvalue weighted by atomic mass is 9.97. The van der Waals surface area contributed by atoms with E-state index in [1.807, 2.05) is 0 Å². The van der Waals surface area contributed by atoms with E-state index in [9.17, 15) is 44.3 Å². The van der Waals surface area contributed by atoms with Crippen molar-refractivity contribution in [1.29, 1.82) is 0 Å². The molecule has 0 aliphatic heterocycles. The molecular formula is C28H35F6N3O4S2. The van der Waals surface area contributed by atoms with Gasteiger partial charge in [0.15, 0.2) is 9.84 Å². The normalized spacial score (nSPS) is 14.7. The third-order valence-corrected chi connectivity index (χ3v) is 8.06. The predicted octanol–water partition coefficient (Wildman–Crippen LogP) is 5.28. The number of amides is 2. The van der Waals surface area contributed by atoms with Crippen molar-refractivity contribution in [1.82, 2.24) is 16.0 Å². The molecule has 0 saturated heterocycles. The number of carbonyl (C=O) groups excluding carboxylic acids is 2. The average Bonchev–Trinajstić information content (AvgIpc) is 2.90. The summed E-state index contributed by atoms with van der Waals surface area (Å²) in [6.07, 6.45) is -6.85. The summed E-state index contributed by atoms with van der Waals surface area (Å²) in [6.45, 7) is 1.77. The van der Waals surface area contributed by atoms with Crippen LogP contribution in [0.5, 0.6) is 0 Å². The van der Waals surface area contributed by atoms with Crippen molar-refractivity contribution in [2.75, 3.05) is 24.8 Å². The Morgan fingerprint density at radius 2 is 1.40 bits per heavy atom. The third kappa shape index (κ3) is 12.0. The van der Waals surface area contributed by atoms with Crippen LogP contribution in [-0.4, -0.2) is 69.5 Å². The molecule has 0 bridgehead atoms. The number of sulfone groups is 1. The van der Waals surface area contributed by atoms with Gasteiger partial charge in [0.1, 0.15) is 18.6 Å². The number of carbonyl (C=O) groups is 2.